The van der Waals surface area contributed by atoms with E-state index in [1.807, 2.05) is 6.92 Å². The van der Waals surface area contributed by atoms with Crippen LogP contribution in [0.25, 0.3) is 0 Å². The Morgan fingerprint density at radius 3 is 2.62 bits per heavy atom. The number of halogens is 1. The summed E-state index contributed by atoms with van der Waals surface area (Å²) in [6, 6.07) is 0. The molecule has 0 bridgehead atoms. The fourth-order valence-electron chi connectivity index (χ4n) is 0.919. The van der Waals surface area contributed by atoms with Gasteiger partial charge in [-0.3, -0.25) is 0 Å². The lowest BCUT2D eigenvalue weighted by Gasteiger charge is -2.13. The van der Waals surface area contributed by atoms with E-state index in [9.17, 15) is 0 Å². The Kier molecular flexibility index (Phi) is 8.93. The number of alkyl halides is 1. The van der Waals surface area contributed by atoms with E-state index in [2.05, 4.69) is 19.2 Å². The highest BCUT2D eigenvalue weighted by molar-refractivity contribution is 6.20. The largest absolute Gasteiger partial charge is 0.382 e. The summed E-state index contributed by atoms with van der Waals surface area (Å²) in [6.07, 6.45) is 1.07. The average Bonchev–Trinajstić information content (AvgIpc) is 2.10. The molecular formula is C10H22ClNO. The Balaban J connectivity index is 3.07. The lowest BCUT2D eigenvalue weighted by Crippen LogP contribution is -2.27. The number of ether oxygens (including phenoxy) is 1. The number of rotatable bonds is 8. The standard InChI is InChI=1S/C10H22ClNO/c1-4-13-7-5-6-12-8-10(11)9(2)3/h9-10,12H,4-8H2,1-3H3. The molecule has 0 heterocycles. The van der Waals surface area contributed by atoms with Gasteiger partial charge in [0, 0.05) is 25.1 Å². The maximum atomic E-state index is 6.06. The molecule has 0 aromatic carbocycles. The quantitative estimate of drug-likeness (QED) is 0.487. The fraction of sp³-hybridized carbons (Fsp3) is 1.00. The van der Waals surface area contributed by atoms with Gasteiger partial charge in [0.2, 0.25) is 0 Å². The van der Waals surface area contributed by atoms with Gasteiger partial charge in [-0.2, -0.15) is 0 Å². The monoisotopic (exact) mass is 207 g/mol. The molecule has 80 valence electrons. The summed E-state index contributed by atoms with van der Waals surface area (Å²) in [7, 11) is 0. The number of nitrogens with one attached hydrogen (secondary N) is 1. The van der Waals surface area contributed by atoms with Crippen LogP contribution < -0.4 is 5.32 Å². The molecule has 1 atom stereocenters. The second-order valence-electron chi connectivity index (χ2n) is 3.51. The molecule has 0 radical (unpaired) electrons. The molecule has 0 fully saturated rings. The van der Waals surface area contributed by atoms with Crippen LogP contribution >= 0.6 is 11.6 Å². The van der Waals surface area contributed by atoms with Crippen molar-refractivity contribution in [2.24, 2.45) is 5.92 Å². The second-order valence-corrected chi connectivity index (χ2v) is 4.08. The third-order valence-electron chi connectivity index (χ3n) is 1.91. The highest BCUT2D eigenvalue weighted by Gasteiger charge is 2.07. The highest BCUT2D eigenvalue weighted by atomic mass is 35.5. The predicted octanol–water partition coefficient (Wildman–Crippen LogP) is 2.27. The van der Waals surface area contributed by atoms with Crippen LogP contribution in [0.4, 0.5) is 0 Å². The Morgan fingerprint density at radius 2 is 2.08 bits per heavy atom. The van der Waals surface area contributed by atoms with Crippen LogP contribution in [0.1, 0.15) is 27.2 Å². The average molecular weight is 208 g/mol. The third kappa shape index (κ3) is 8.54. The van der Waals surface area contributed by atoms with Crippen LogP contribution in [-0.4, -0.2) is 31.7 Å². The molecule has 0 aliphatic rings. The molecule has 0 spiro atoms. The zero-order chi connectivity index (χ0) is 10.1. The van der Waals surface area contributed by atoms with Crippen LogP contribution in [-0.2, 0) is 4.74 Å². The summed E-state index contributed by atoms with van der Waals surface area (Å²) >= 11 is 6.06. The van der Waals surface area contributed by atoms with Crippen molar-refractivity contribution in [2.45, 2.75) is 32.6 Å². The molecule has 2 nitrogen and oxygen atoms in total. The van der Waals surface area contributed by atoms with Gasteiger partial charge in [0.05, 0.1) is 0 Å². The zero-order valence-corrected chi connectivity index (χ0v) is 9.73. The van der Waals surface area contributed by atoms with Gasteiger partial charge in [0.1, 0.15) is 0 Å². The van der Waals surface area contributed by atoms with Crippen molar-refractivity contribution in [3.63, 3.8) is 0 Å². The Hall–Kier alpha value is 0.210. The normalized spacial score (nSPS) is 13.6. The molecule has 0 saturated heterocycles. The van der Waals surface area contributed by atoms with Gasteiger partial charge in [-0.15, -0.1) is 11.6 Å². The van der Waals surface area contributed by atoms with Gasteiger partial charge in [0.15, 0.2) is 0 Å². The maximum Gasteiger partial charge on any atom is 0.0483 e. The van der Waals surface area contributed by atoms with Crippen LogP contribution in [0.2, 0.25) is 0 Å². The molecule has 0 amide bonds. The molecule has 0 saturated carbocycles. The lowest BCUT2D eigenvalue weighted by molar-refractivity contribution is 0.145. The van der Waals surface area contributed by atoms with Crippen LogP contribution in [0.15, 0.2) is 0 Å². The molecule has 0 aromatic rings. The van der Waals surface area contributed by atoms with Gasteiger partial charge < -0.3 is 10.1 Å². The van der Waals surface area contributed by atoms with E-state index in [1.165, 1.54) is 0 Å². The second kappa shape index (κ2) is 8.79. The van der Waals surface area contributed by atoms with E-state index in [1.54, 1.807) is 0 Å². The van der Waals surface area contributed by atoms with Crippen molar-refractivity contribution < 1.29 is 4.74 Å². The SMILES string of the molecule is CCOCCCNCC(Cl)C(C)C. The van der Waals surface area contributed by atoms with Crippen LogP contribution in [0.3, 0.4) is 0 Å². The van der Waals surface area contributed by atoms with Crippen molar-refractivity contribution in [3.8, 4) is 0 Å². The van der Waals surface area contributed by atoms with E-state index in [0.717, 1.165) is 32.7 Å². The number of hydrogen-bond donors (Lipinski definition) is 1. The number of hydrogen-bond acceptors (Lipinski definition) is 2. The minimum atomic E-state index is 0.243. The van der Waals surface area contributed by atoms with Gasteiger partial charge in [-0.25, -0.2) is 0 Å². The fourth-order valence-corrected chi connectivity index (χ4v) is 1.03. The molecular weight excluding hydrogens is 186 g/mol. The lowest BCUT2D eigenvalue weighted by atomic mass is 10.1. The van der Waals surface area contributed by atoms with Crippen LogP contribution in [0, 0.1) is 5.92 Å². The summed E-state index contributed by atoms with van der Waals surface area (Å²) in [5, 5.41) is 3.56. The molecule has 13 heavy (non-hydrogen) atoms. The topological polar surface area (TPSA) is 21.3 Å². The predicted molar refractivity (Wildman–Crippen MR) is 58.5 cm³/mol. The Labute approximate surface area is 87.0 Å². The Morgan fingerprint density at radius 1 is 1.38 bits per heavy atom. The summed E-state index contributed by atoms with van der Waals surface area (Å²) in [4.78, 5) is 0. The maximum absolute atomic E-state index is 6.06. The Bertz CT molecular complexity index is 109. The molecule has 0 rings (SSSR count). The van der Waals surface area contributed by atoms with Gasteiger partial charge in [-0.05, 0) is 25.8 Å². The summed E-state index contributed by atoms with van der Waals surface area (Å²) in [5.74, 6) is 0.543. The first-order chi connectivity index (χ1) is 6.18. The van der Waals surface area contributed by atoms with Gasteiger partial charge >= 0.3 is 0 Å². The van der Waals surface area contributed by atoms with E-state index in [0.29, 0.717) is 5.92 Å². The smallest absolute Gasteiger partial charge is 0.0483 e. The zero-order valence-electron chi connectivity index (χ0n) is 8.98. The minimum absolute atomic E-state index is 0.243. The molecule has 0 aliphatic heterocycles. The molecule has 1 N–H and O–H groups in total. The molecule has 0 aliphatic carbocycles. The molecule has 3 heteroatoms. The summed E-state index contributed by atoms with van der Waals surface area (Å²) in [6.45, 7) is 9.84. The highest BCUT2D eigenvalue weighted by Crippen LogP contribution is 2.07. The van der Waals surface area contributed by atoms with Gasteiger partial charge in [-0.1, -0.05) is 13.8 Å². The summed E-state index contributed by atoms with van der Waals surface area (Å²) in [5.41, 5.74) is 0. The summed E-state index contributed by atoms with van der Waals surface area (Å²) < 4.78 is 5.22. The first-order valence-corrected chi connectivity index (χ1v) is 5.54. The molecule has 0 aromatic heterocycles. The van der Waals surface area contributed by atoms with E-state index < -0.39 is 0 Å². The van der Waals surface area contributed by atoms with Crippen molar-refractivity contribution in [1.29, 1.82) is 0 Å². The van der Waals surface area contributed by atoms with Crippen molar-refractivity contribution in [2.75, 3.05) is 26.3 Å². The van der Waals surface area contributed by atoms with Crippen molar-refractivity contribution in [1.82, 2.24) is 5.32 Å². The third-order valence-corrected chi connectivity index (χ3v) is 2.57. The van der Waals surface area contributed by atoms with Crippen LogP contribution in [0.5, 0.6) is 0 Å². The minimum Gasteiger partial charge on any atom is -0.382 e. The van der Waals surface area contributed by atoms with Crippen molar-refractivity contribution in [3.05, 3.63) is 0 Å². The van der Waals surface area contributed by atoms with E-state index >= 15 is 0 Å². The van der Waals surface area contributed by atoms with E-state index in [4.69, 9.17) is 16.3 Å². The molecule has 1 unspecified atom stereocenters. The first-order valence-electron chi connectivity index (χ1n) is 5.11. The van der Waals surface area contributed by atoms with E-state index in [-0.39, 0.29) is 5.38 Å². The van der Waals surface area contributed by atoms with Gasteiger partial charge in [0.25, 0.3) is 0 Å². The first kappa shape index (κ1) is 13.2. The van der Waals surface area contributed by atoms with Crippen molar-refractivity contribution >= 4 is 11.6 Å².